The summed E-state index contributed by atoms with van der Waals surface area (Å²) in [6.45, 7) is 3.62. The van der Waals surface area contributed by atoms with Crippen LogP contribution in [0.2, 0.25) is 10.0 Å². The monoisotopic (exact) mass is 395 g/mol. The lowest BCUT2D eigenvalue weighted by Gasteiger charge is -2.11. The first kappa shape index (κ1) is 18.4. The highest BCUT2D eigenvalue weighted by molar-refractivity contribution is 6.31. The molecule has 136 valence electrons. The standard InChI is InChI=1S/C17H16Cl2FN5O/c1-10-14(19)9-25(22-10)11(2)17(26)21-16-6-7-24(23-16)8-12-13(18)4-3-5-15(12)20/h3-7,9,11H,8H2,1-2H3,(H,21,23,26). The molecule has 3 aromatic rings. The smallest absolute Gasteiger partial charge is 0.250 e. The van der Waals surface area contributed by atoms with Gasteiger partial charge in [-0.05, 0) is 26.0 Å². The molecule has 9 heteroatoms. The van der Waals surface area contributed by atoms with Gasteiger partial charge in [0.1, 0.15) is 11.9 Å². The molecule has 6 nitrogen and oxygen atoms in total. The van der Waals surface area contributed by atoms with Gasteiger partial charge in [-0.15, -0.1) is 0 Å². The van der Waals surface area contributed by atoms with E-state index >= 15 is 0 Å². The molecule has 0 aliphatic heterocycles. The summed E-state index contributed by atoms with van der Waals surface area (Å²) >= 11 is 12.0. The van der Waals surface area contributed by atoms with Crippen molar-refractivity contribution in [3.63, 3.8) is 0 Å². The fourth-order valence-corrected chi connectivity index (χ4v) is 2.73. The number of carbonyl (C=O) groups is 1. The van der Waals surface area contributed by atoms with Crippen LogP contribution in [0.4, 0.5) is 10.2 Å². The first-order valence-corrected chi connectivity index (χ1v) is 8.59. The summed E-state index contributed by atoms with van der Waals surface area (Å²) in [5.74, 6) is -0.347. The van der Waals surface area contributed by atoms with Gasteiger partial charge in [0, 0.05) is 29.0 Å². The van der Waals surface area contributed by atoms with Gasteiger partial charge in [-0.3, -0.25) is 14.2 Å². The predicted molar refractivity (Wildman–Crippen MR) is 98.1 cm³/mol. The van der Waals surface area contributed by atoms with Crippen molar-refractivity contribution in [2.24, 2.45) is 0 Å². The first-order valence-electron chi connectivity index (χ1n) is 7.83. The molecule has 0 bridgehead atoms. The number of aromatic nitrogens is 4. The van der Waals surface area contributed by atoms with E-state index in [2.05, 4.69) is 15.5 Å². The van der Waals surface area contributed by atoms with Crippen molar-refractivity contribution in [1.82, 2.24) is 19.6 Å². The second kappa shape index (κ2) is 7.47. The zero-order valence-corrected chi connectivity index (χ0v) is 15.6. The van der Waals surface area contributed by atoms with Crippen LogP contribution in [0.3, 0.4) is 0 Å². The minimum absolute atomic E-state index is 0.158. The molecule has 26 heavy (non-hydrogen) atoms. The van der Waals surface area contributed by atoms with Crippen molar-refractivity contribution in [2.75, 3.05) is 5.32 Å². The third kappa shape index (κ3) is 3.89. The van der Waals surface area contributed by atoms with Crippen LogP contribution in [0.1, 0.15) is 24.2 Å². The normalized spacial score (nSPS) is 12.2. The van der Waals surface area contributed by atoms with E-state index in [1.807, 2.05) is 0 Å². The summed E-state index contributed by atoms with van der Waals surface area (Å²) in [6.07, 6.45) is 3.23. The molecule has 2 heterocycles. The van der Waals surface area contributed by atoms with E-state index in [1.54, 1.807) is 44.4 Å². The summed E-state index contributed by atoms with van der Waals surface area (Å²) in [5, 5.41) is 11.9. The molecule has 1 amide bonds. The number of hydrogen-bond acceptors (Lipinski definition) is 3. The molecule has 0 fully saturated rings. The second-order valence-electron chi connectivity index (χ2n) is 5.81. The number of halogens is 3. The summed E-state index contributed by atoms with van der Waals surface area (Å²) < 4.78 is 16.9. The Balaban J connectivity index is 1.69. The van der Waals surface area contributed by atoms with E-state index in [0.717, 1.165) is 0 Å². The van der Waals surface area contributed by atoms with Crippen LogP contribution < -0.4 is 5.32 Å². The van der Waals surface area contributed by atoms with Crippen LogP contribution in [-0.2, 0) is 11.3 Å². The quantitative estimate of drug-likeness (QED) is 0.707. The lowest BCUT2D eigenvalue weighted by atomic mass is 10.2. The number of benzene rings is 1. The Bertz CT molecular complexity index is 913. The fourth-order valence-electron chi connectivity index (χ4n) is 2.37. The van der Waals surface area contributed by atoms with Gasteiger partial charge in [0.25, 0.3) is 0 Å². The zero-order valence-electron chi connectivity index (χ0n) is 14.1. The maximum atomic E-state index is 13.9. The molecule has 0 radical (unpaired) electrons. The Kier molecular flexibility index (Phi) is 5.29. The van der Waals surface area contributed by atoms with E-state index in [0.29, 0.717) is 27.1 Å². The van der Waals surface area contributed by atoms with Crippen molar-refractivity contribution < 1.29 is 9.18 Å². The van der Waals surface area contributed by atoms with E-state index in [4.69, 9.17) is 23.2 Å². The minimum Gasteiger partial charge on any atom is -0.307 e. The minimum atomic E-state index is -0.563. The highest BCUT2D eigenvalue weighted by Crippen LogP contribution is 2.21. The molecule has 0 aliphatic rings. The number of aryl methyl sites for hydroxylation is 1. The number of nitrogens with one attached hydrogen (secondary N) is 1. The molecular weight excluding hydrogens is 380 g/mol. The molecule has 1 unspecified atom stereocenters. The topological polar surface area (TPSA) is 64.7 Å². The Labute approximate surface area is 159 Å². The van der Waals surface area contributed by atoms with Crippen LogP contribution in [-0.4, -0.2) is 25.5 Å². The van der Waals surface area contributed by atoms with Crippen molar-refractivity contribution in [2.45, 2.75) is 26.4 Å². The largest absolute Gasteiger partial charge is 0.307 e. The maximum Gasteiger partial charge on any atom is 0.250 e. The zero-order chi connectivity index (χ0) is 18.8. The number of rotatable bonds is 5. The summed E-state index contributed by atoms with van der Waals surface area (Å²) in [5.41, 5.74) is 0.988. The van der Waals surface area contributed by atoms with Gasteiger partial charge < -0.3 is 5.32 Å². The third-order valence-electron chi connectivity index (χ3n) is 3.91. The lowest BCUT2D eigenvalue weighted by Crippen LogP contribution is -2.24. The van der Waals surface area contributed by atoms with E-state index in [-0.39, 0.29) is 12.5 Å². The lowest BCUT2D eigenvalue weighted by molar-refractivity contribution is -0.119. The van der Waals surface area contributed by atoms with Crippen LogP contribution in [0.5, 0.6) is 0 Å². The van der Waals surface area contributed by atoms with E-state index in [1.165, 1.54) is 15.4 Å². The van der Waals surface area contributed by atoms with Crippen molar-refractivity contribution in [3.8, 4) is 0 Å². The first-order chi connectivity index (χ1) is 12.3. The molecule has 0 aliphatic carbocycles. The van der Waals surface area contributed by atoms with E-state index < -0.39 is 11.9 Å². The van der Waals surface area contributed by atoms with Crippen LogP contribution in [0.25, 0.3) is 0 Å². The molecule has 3 rings (SSSR count). The van der Waals surface area contributed by atoms with Crippen LogP contribution in [0, 0.1) is 12.7 Å². The van der Waals surface area contributed by atoms with Crippen molar-refractivity contribution >= 4 is 34.9 Å². The summed E-state index contributed by atoms with van der Waals surface area (Å²) in [7, 11) is 0. The molecule has 0 saturated carbocycles. The molecule has 0 saturated heterocycles. The van der Waals surface area contributed by atoms with Gasteiger partial charge in [-0.2, -0.15) is 10.2 Å². The number of carbonyl (C=O) groups excluding carboxylic acids is 1. The Hall–Kier alpha value is -2.38. The average molecular weight is 396 g/mol. The maximum absolute atomic E-state index is 13.9. The second-order valence-corrected chi connectivity index (χ2v) is 6.62. The molecule has 2 aromatic heterocycles. The molecule has 1 aromatic carbocycles. The van der Waals surface area contributed by atoms with Gasteiger partial charge in [-0.25, -0.2) is 4.39 Å². The summed E-state index contributed by atoms with van der Waals surface area (Å²) in [4.78, 5) is 12.4. The van der Waals surface area contributed by atoms with Gasteiger partial charge in [-0.1, -0.05) is 29.3 Å². The Morgan fingerprint density at radius 2 is 2.04 bits per heavy atom. The Morgan fingerprint density at radius 3 is 2.69 bits per heavy atom. The average Bonchev–Trinajstić information content (AvgIpc) is 3.17. The van der Waals surface area contributed by atoms with Crippen molar-refractivity contribution in [3.05, 3.63) is 63.8 Å². The van der Waals surface area contributed by atoms with Gasteiger partial charge in [0.05, 0.1) is 17.3 Å². The SMILES string of the molecule is Cc1nn(C(C)C(=O)Nc2ccn(Cc3c(F)cccc3Cl)n2)cc1Cl. The molecule has 1 N–H and O–H groups in total. The Morgan fingerprint density at radius 1 is 1.27 bits per heavy atom. The molecule has 0 spiro atoms. The van der Waals surface area contributed by atoms with Gasteiger partial charge in [0.15, 0.2) is 5.82 Å². The predicted octanol–water partition coefficient (Wildman–Crippen LogP) is 4.08. The molecule has 1 atom stereocenters. The third-order valence-corrected chi connectivity index (χ3v) is 4.63. The van der Waals surface area contributed by atoms with Crippen LogP contribution >= 0.6 is 23.2 Å². The number of nitrogens with zero attached hydrogens (tertiary/aromatic N) is 4. The van der Waals surface area contributed by atoms with Crippen molar-refractivity contribution in [1.29, 1.82) is 0 Å². The number of amides is 1. The van der Waals surface area contributed by atoms with Gasteiger partial charge in [0.2, 0.25) is 5.91 Å². The summed E-state index contributed by atoms with van der Waals surface area (Å²) in [6, 6.07) is 5.56. The van der Waals surface area contributed by atoms with Crippen LogP contribution in [0.15, 0.2) is 36.7 Å². The number of hydrogen-bond donors (Lipinski definition) is 1. The highest BCUT2D eigenvalue weighted by Gasteiger charge is 2.18. The van der Waals surface area contributed by atoms with E-state index in [9.17, 15) is 9.18 Å². The molecular formula is C17H16Cl2FN5O. The number of anilines is 1. The fraction of sp³-hybridized carbons (Fsp3) is 0.235. The highest BCUT2D eigenvalue weighted by atomic mass is 35.5. The van der Waals surface area contributed by atoms with Gasteiger partial charge >= 0.3 is 0 Å².